The van der Waals surface area contributed by atoms with Gasteiger partial charge in [0.25, 0.3) is 0 Å². The van der Waals surface area contributed by atoms with Gasteiger partial charge in [0.2, 0.25) is 0 Å². The molecule has 8 N–H and O–H groups in total. The van der Waals surface area contributed by atoms with Crippen LogP contribution in [0.25, 0.3) is 0 Å². The first-order valence-corrected chi connectivity index (χ1v) is 38.5. The molecule has 0 saturated carbocycles. The Labute approximate surface area is 552 Å². The van der Waals surface area contributed by atoms with E-state index >= 15 is 0 Å². The molecule has 16 heteroatoms. The highest BCUT2D eigenvalue weighted by Crippen LogP contribution is 2.23. The Balaban J connectivity index is 0.000000509. The van der Waals surface area contributed by atoms with E-state index in [2.05, 4.69) is 53.9 Å². The van der Waals surface area contributed by atoms with Crippen LogP contribution >= 0.6 is 0 Å². The number of quaternary nitrogens is 7. The zero-order valence-corrected chi connectivity index (χ0v) is 60.8. The molecule has 0 aromatic heterocycles. The van der Waals surface area contributed by atoms with Crippen molar-refractivity contribution in [1.82, 2.24) is 4.90 Å². The molecule has 8 aliphatic heterocycles. The van der Waals surface area contributed by atoms with Gasteiger partial charge in [0.05, 0.1) is 179 Å². The number of unbranched alkanes of at least 4 members (excludes halogenated alkanes) is 4. The Kier molecular flexibility index (Phi) is 51.9. The van der Waals surface area contributed by atoms with Crippen LogP contribution in [0.4, 0.5) is 0 Å². The Morgan fingerprint density at radius 2 is 0.551 bits per heavy atom. The van der Waals surface area contributed by atoms with Gasteiger partial charge in [0.1, 0.15) is 13.1 Å². The first-order valence-electron chi connectivity index (χ1n) is 38.5. The average molecular weight is 1280 g/mol. The van der Waals surface area contributed by atoms with Gasteiger partial charge in [-0.15, -0.1) is 0 Å². The van der Waals surface area contributed by atoms with Crippen molar-refractivity contribution >= 4 is 0 Å². The van der Waals surface area contributed by atoms with Crippen molar-refractivity contribution in [2.45, 2.75) is 226 Å². The van der Waals surface area contributed by atoms with E-state index in [1.807, 2.05) is 0 Å². The van der Waals surface area contributed by atoms with Crippen LogP contribution in [0.5, 0.6) is 0 Å². The maximum absolute atomic E-state index is 8.92. The van der Waals surface area contributed by atoms with Crippen LogP contribution in [0.3, 0.4) is 0 Å². The van der Waals surface area contributed by atoms with Gasteiger partial charge in [-0.1, -0.05) is 6.92 Å². The van der Waals surface area contributed by atoms with Crippen molar-refractivity contribution in [3.8, 4) is 0 Å². The van der Waals surface area contributed by atoms with E-state index in [0.717, 1.165) is 78.3 Å². The molecule has 0 spiro atoms. The molecule has 0 atom stereocenters. The summed E-state index contributed by atoms with van der Waals surface area (Å²) in [6, 6.07) is 0. The standard InChI is InChI=1S/C11H24NO.2C10H22NO.2C9H20NO.C9H19NO.C8H18NO.C7H16NO/c1-2-7-12(10-6-11-13)8-4-3-5-9-12;1-11(8-4-5-9-11)7-3-2-6-10-12;1-2-11(9-6-10-12)7-4-3-5-8-11;1-10(8-5-9-11)6-3-2-4-7-10;1-2-10(8-9-11)6-4-3-5-7-10;11-9-5-1-2-6-10-7-3-4-8-10;1-9(7-8-10)5-3-2-4-6-9;1-8(7-9)5-3-2-4-6-8/h13H,2-11H2,1H3;2*12H,2-10H2,1H3;2*11H,2-9H2,1H3;11H,1-9H2;10H,2-8H2,1H3;9H,2-7H2,1H3/q5*+1;;2*+1. The Bertz CT molecular complexity index is 1510. The summed E-state index contributed by atoms with van der Waals surface area (Å²) in [5.41, 5.74) is 0. The van der Waals surface area contributed by atoms with E-state index in [1.54, 1.807) is 0 Å². The average Bonchev–Trinajstić information content (AvgIpc) is 4.52. The first-order chi connectivity index (χ1) is 43.0. The van der Waals surface area contributed by atoms with Crippen molar-refractivity contribution in [1.29, 1.82) is 0 Å². The second kappa shape index (κ2) is 53.5. The molecule has 0 aliphatic carbocycles. The molecular weight excluding hydrogens is 1120 g/mol. The van der Waals surface area contributed by atoms with Crippen LogP contribution in [-0.4, -0.2) is 328 Å². The predicted molar refractivity (Wildman–Crippen MR) is 375 cm³/mol. The number of aliphatic hydroxyl groups excluding tert-OH is 8. The zero-order valence-electron chi connectivity index (χ0n) is 60.8. The maximum atomic E-state index is 8.92. The van der Waals surface area contributed by atoms with E-state index < -0.39 is 0 Å². The highest BCUT2D eigenvalue weighted by molar-refractivity contribution is 4.66. The van der Waals surface area contributed by atoms with E-state index in [1.165, 1.54) is 329 Å². The fourth-order valence-electron chi connectivity index (χ4n) is 15.8. The van der Waals surface area contributed by atoms with Crippen LogP contribution < -0.4 is 0 Å². The minimum Gasteiger partial charge on any atom is -0.396 e. The summed E-state index contributed by atoms with van der Waals surface area (Å²) in [6.45, 7) is 42.2. The Morgan fingerprint density at radius 1 is 0.247 bits per heavy atom. The van der Waals surface area contributed by atoms with Crippen molar-refractivity contribution < 1.29 is 72.2 Å². The summed E-state index contributed by atoms with van der Waals surface area (Å²) < 4.78 is 8.16. The van der Waals surface area contributed by atoms with Crippen LogP contribution in [0.1, 0.15) is 226 Å². The van der Waals surface area contributed by atoms with Gasteiger partial charge in [-0.05, 0) is 207 Å². The summed E-state index contributed by atoms with van der Waals surface area (Å²) in [5, 5.41) is 70.1. The number of hydrogen-bond acceptors (Lipinski definition) is 9. The fraction of sp³-hybridized carbons (Fsp3) is 1.00. The minimum absolute atomic E-state index is 0.319. The first kappa shape index (κ1) is 86.4. The lowest BCUT2D eigenvalue weighted by Gasteiger charge is -2.41. The number of likely N-dealkylation sites (N-methyl/N-ethyl adjacent to an activating group) is 2. The highest BCUT2D eigenvalue weighted by Gasteiger charge is 2.31. The summed E-state index contributed by atoms with van der Waals surface area (Å²) >= 11 is 0. The third-order valence-corrected chi connectivity index (χ3v) is 22.3. The lowest BCUT2D eigenvalue weighted by Crippen LogP contribution is -2.52. The molecule has 8 rings (SSSR count). The van der Waals surface area contributed by atoms with Crippen molar-refractivity contribution in [3.63, 3.8) is 0 Å². The van der Waals surface area contributed by atoms with Gasteiger partial charge in [-0.25, -0.2) is 0 Å². The van der Waals surface area contributed by atoms with Crippen molar-refractivity contribution in [2.24, 2.45) is 0 Å². The Morgan fingerprint density at radius 3 is 0.899 bits per heavy atom. The van der Waals surface area contributed by atoms with Crippen molar-refractivity contribution in [2.75, 3.05) is 251 Å². The predicted octanol–water partition coefficient (Wildman–Crippen LogP) is 8.98. The monoisotopic (exact) mass is 1280 g/mol. The molecule has 0 aromatic carbocycles. The molecule has 0 radical (unpaired) electrons. The second-order valence-corrected chi connectivity index (χ2v) is 30.3. The SMILES string of the molecule is CCC[N+]1(CCCO)CCCCC1.CC[N+]1(CCCO)CCCCC1.CC[N+]1(CCO)CCCCC1.C[N+]1(CCCCCO)CCCC1.C[N+]1(CCCO)CCCCC1.C[N+]1(CCO)CCCCC1.C[N+]1(CO)CCCCC1.OCCCCCN1CCCC1. The molecule has 8 aliphatic rings. The number of aliphatic hydroxyl groups is 8. The van der Waals surface area contributed by atoms with Crippen LogP contribution in [-0.2, 0) is 0 Å². The molecule has 8 saturated heterocycles. The zero-order chi connectivity index (χ0) is 65.7. The molecule has 0 unspecified atom stereocenters. The van der Waals surface area contributed by atoms with Gasteiger partial charge >= 0.3 is 0 Å². The third kappa shape index (κ3) is 41.2. The maximum Gasteiger partial charge on any atom is 0.180 e. The van der Waals surface area contributed by atoms with E-state index in [9.17, 15) is 0 Å². The summed E-state index contributed by atoms with van der Waals surface area (Å²) in [7, 11) is 9.05. The van der Waals surface area contributed by atoms with Crippen molar-refractivity contribution in [3.05, 3.63) is 0 Å². The van der Waals surface area contributed by atoms with Crippen LogP contribution in [0, 0.1) is 0 Å². The Hall–Kier alpha value is -0.640. The van der Waals surface area contributed by atoms with Gasteiger partial charge in [0, 0.05) is 65.1 Å². The lowest BCUT2D eigenvalue weighted by molar-refractivity contribution is -0.932. The summed E-state index contributed by atoms with van der Waals surface area (Å²) in [5.74, 6) is 0. The number of piperidine rings is 6. The lowest BCUT2D eigenvalue weighted by atomic mass is 10.1. The minimum atomic E-state index is 0.319. The molecular formula is C73H161N8O8+7. The molecule has 16 nitrogen and oxygen atoms in total. The molecule has 0 aromatic rings. The molecule has 534 valence electrons. The number of hydrogen-bond donors (Lipinski definition) is 8. The smallest absolute Gasteiger partial charge is 0.180 e. The summed E-state index contributed by atoms with van der Waals surface area (Å²) in [4.78, 5) is 2.53. The molecule has 89 heavy (non-hydrogen) atoms. The number of likely N-dealkylation sites (tertiary alicyclic amines) is 8. The second-order valence-electron chi connectivity index (χ2n) is 30.3. The van der Waals surface area contributed by atoms with Gasteiger partial charge in [-0.3, -0.25) is 0 Å². The van der Waals surface area contributed by atoms with E-state index in [0.29, 0.717) is 53.0 Å². The van der Waals surface area contributed by atoms with E-state index in [4.69, 9.17) is 40.9 Å². The normalized spacial score (nSPS) is 22.7. The largest absolute Gasteiger partial charge is 0.396 e. The summed E-state index contributed by atoms with van der Waals surface area (Å²) in [6.07, 6.45) is 41.4. The van der Waals surface area contributed by atoms with Gasteiger partial charge in [-0.2, -0.15) is 0 Å². The quantitative estimate of drug-likeness (QED) is 0.0282. The fourth-order valence-corrected chi connectivity index (χ4v) is 15.8. The molecule has 8 fully saturated rings. The molecule has 0 bridgehead atoms. The number of nitrogens with zero attached hydrogens (tertiary/aromatic N) is 8. The topological polar surface area (TPSA) is 165 Å². The number of rotatable bonds is 28. The molecule has 0 amide bonds. The van der Waals surface area contributed by atoms with Crippen LogP contribution in [0.2, 0.25) is 0 Å². The highest BCUT2D eigenvalue weighted by atomic mass is 16.3. The van der Waals surface area contributed by atoms with Gasteiger partial charge < -0.3 is 77.1 Å². The third-order valence-electron chi connectivity index (χ3n) is 22.3. The molecule has 8 heterocycles. The van der Waals surface area contributed by atoms with E-state index in [-0.39, 0.29) is 0 Å². The van der Waals surface area contributed by atoms with Crippen LogP contribution in [0.15, 0.2) is 0 Å². The van der Waals surface area contributed by atoms with Gasteiger partial charge in [0.15, 0.2) is 6.73 Å².